The summed E-state index contributed by atoms with van der Waals surface area (Å²) >= 11 is 3.47. The SMILES string of the molecule is O=C(CC(c1ccc(Br)cc1)n1cccc1)NC1CCCCC1. The molecule has 0 spiro atoms. The van der Waals surface area contributed by atoms with Crippen LogP contribution in [0.5, 0.6) is 0 Å². The number of rotatable bonds is 5. The average molecular weight is 375 g/mol. The van der Waals surface area contributed by atoms with Crippen LogP contribution in [0.4, 0.5) is 0 Å². The molecule has 1 saturated carbocycles. The summed E-state index contributed by atoms with van der Waals surface area (Å²) < 4.78 is 3.17. The third kappa shape index (κ3) is 4.47. The van der Waals surface area contributed by atoms with Gasteiger partial charge >= 0.3 is 0 Å². The third-order valence-corrected chi connectivity index (χ3v) is 5.12. The second-order valence-electron chi connectivity index (χ2n) is 6.30. The van der Waals surface area contributed by atoms with Gasteiger partial charge in [-0.1, -0.05) is 47.3 Å². The summed E-state index contributed by atoms with van der Waals surface area (Å²) in [5.41, 5.74) is 1.16. The van der Waals surface area contributed by atoms with Gasteiger partial charge in [0.05, 0.1) is 12.5 Å². The fraction of sp³-hybridized carbons (Fsp3) is 0.421. The molecule has 1 aliphatic rings. The Bertz CT molecular complexity index is 615. The van der Waals surface area contributed by atoms with E-state index in [0.29, 0.717) is 12.5 Å². The minimum Gasteiger partial charge on any atom is -0.353 e. The molecule has 1 fully saturated rings. The lowest BCUT2D eigenvalue weighted by molar-refractivity contribution is -0.122. The minimum absolute atomic E-state index is 0.0432. The monoisotopic (exact) mass is 374 g/mol. The van der Waals surface area contributed by atoms with Crippen molar-refractivity contribution in [3.63, 3.8) is 0 Å². The third-order valence-electron chi connectivity index (χ3n) is 4.59. The fourth-order valence-electron chi connectivity index (χ4n) is 3.35. The summed E-state index contributed by atoms with van der Waals surface area (Å²) in [6.45, 7) is 0. The van der Waals surface area contributed by atoms with Gasteiger partial charge in [0.25, 0.3) is 0 Å². The highest BCUT2D eigenvalue weighted by atomic mass is 79.9. The molecule has 1 aliphatic carbocycles. The maximum Gasteiger partial charge on any atom is 0.222 e. The van der Waals surface area contributed by atoms with Crippen LogP contribution in [0.2, 0.25) is 0 Å². The van der Waals surface area contributed by atoms with Gasteiger partial charge in [-0.05, 0) is 42.7 Å². The van der Waals surface area contributed by atoms with Crippen LogP contribution in [-0.2, 0) is 4.79 Å². The molecule has 1 aromatic heterocycles. The smallest absolute Gasteiger partial charge is 0.222 e. The molecule has 0 radical (unpaired) electrons. The van der Waals surface area contributed by atoms with Crippen molar-refractivity contribution in [2.75, 3.05) is 0 Å². The van der Waals surface area contributed by atoms with E-state index in [9.17, 15) is 4.79 Å². The number of aromatic nitrogens is 1. The predicted molar refractivity (Wildman–Crippen MR) is 96.3 cm³/mol. The highest BCUT2D eigenvalue weighted by Crippen LogP contribution is 2.25. The van der Waals surface area contributed by atoms with E-state index < -0.39 is 0 Å². The predicted octanol–water partition coefficient (Wildman–Crippen LogP) is 4.68. The Balaban J connectivity index is 1.71. The van der Waals surface area contributed by atoms with Crippen LogP contribution in [0.3, 0.4) is 0 Å². The van der Waals surface area contributed by atoms with Gasteiger partial charge in [0, 0.05) is 22.9 Å². The van der Waals surface area contributed by atoms with E-state index in [0.717, 1.165) is 22.9 Å². The van der Waals surface area contributed by atoms with Gasteiger partial charge in [0.2, 0.25) is 5.91 Å². The molecule has 0 bridgehead atoms. The highest BCUT2D eigenvalue weighted by molar-refractivity contribution is 9.10. The fourth-order valence-corrected chi connectivity index (χ4v) is 3.61. The first-order valence-electron chi connectivity index (χ1n) is 8.39. The summed E-state index contributed by atoms with van der Waals surface area (Å²) in [5.74, 6) is 0.151. The number of carbonyl (C=O) groups excluding carboxylic acids is 1. The van der Waals surface area contributed by atoms with Gasteiger partial charge in [-0.2, -0.15) is 0 Å². The van der Waals surface area contributed by atoms with Gasteiger partial charge in [0.1, 0.15) is 0 Å². The van der Waals surface area contributed by atoms with E-state index in [1.54, 1.807) is 0 Å². The number of hydrogen-bond acceptors (Lipinski definition) is 1. The van der Waals surface area contributed by atoms with Crippen molar-refractivity contribution < 1.29 is 4.79 Å². The Morgan fingerprint density at radius 2 is 1.78 bits per heavy atom. The van der Waals surface area contributed by atoms with Crippen molar-refractivity contribution in [1.29, 1.82) is 0 Å². The van der Waals surface area contributed by atoms with E-state index in [2.05, 4.69) is 37.9 Å². The zero-order valence-electron chi connectivity index (χ0n) is 13.2. The van der Waals surface area contributed by atoms with Crippen LogP contribution < -0.4 is 5.32 Å². The van der Waals surface area contributed by atoms with Crippen LogP contribution in [0.1, 0.15) is 50.1 Å². The van der Waals surface area contributed by atoms with Gasteiger partial charge in [-0.15, -0.1) is 0 Å². The normalized spacial score (nSPS) is 16.9. The number of carbonyl (C=O) groups is 1. The average Bonchev–Trinajstić information content (AvgIpc) is 3.09. The number of nitrogens with zero attached hydrogens (tertiary/aromatic N) is 1. The van der Waals surface area contributed by atoms with Crippen LogP contribution >= 0.6 is 15.9 Å². The molecule has 23 heavy (non-hydrogen) atoms. The van der Waals surface area contributed by atoms with Crippen LogP contribution in [0, 0.1) is 0 Å². The Hall–Kier alpha value is -1.55. The highest BCUT2D eigenvalue weighted by Gasteiger charge is 2.20. The van der Waals surface area contributed by atoms with E-state index in [1.807, 2.05) is 36.7 Å². The van der Waals surface area contributed by atoms with Gasteiger partial charge in [-0.3, -0.25) is 4.79 Å². The summed E-state index contributed by atoms with van der Waals surface area (Å²) in [7, 11) is 0. The molecule has 3 nitrogen and oxygen atoms in total. The molecular formula is C19H23BrN2O. The zero-order chi connectivity index (χ0) is 16.1. The maximum absolute atomic E-state index is 12.5. The van der Waals surface area contributed by atoms with Crippen molar-refractivity contribution in [3.05, 3.63) is 58.8 Å². The summed E-state index contributed by atoms with van der Waals surface area (Å²) in [5, 5.41) is 3.23. The quantitative estimate of drug-likeness (QED) is 0.809. The van der Waals surface area contributed by atoms with Crippen molar-refractivity contribution in [2.45, 2.75) is 50.6 Å². The number of hydrogen-bond donors (Lipinski definition) is 1. The van der Waals surface area contributed by atoms with Crippen molar-refractivity contribution in [1.82, 2.24) is 9.88 Å². The van der Waals surface area contributed by atoms with Crippen molar-refractivity contribution in [2.24, 2.45) is 0 Å². The molecule has 1 aromatic carbocycles. The molecule has 0 saturated heterocycles. The van der Waals surface area contributed by atoms with E-state index in [4.69, 9.17) is 0 Å². The largest absolute Gasteiger partial charge is 0.353 e. The molecule has 122 valence electrons. The number of nitrogens with one attached hydrogen (secondary N) is 1. The van der Waals surface area contributed by atoms with Crippen LogP contribution in [-0.4, -0.2) is 16.5 Å². The van der Waals surface area contributed by atoms with E-state index in [1.165, 1.54) is 19.3 Å². The Morgan fingerprint density at radius 3 is 2.43 bits per heavy atom. The number of amides is 1. The van der Waals surface area contributed by atoms with Crippen molar-refractivity contribution in [3.8, 4) is 0 Å². The molecule has 3 rings (SSSR count). The summed E-state index contributed by atoms with van der Waals surface area (Å²) in [4.78, 5) is 12.5. The van der Waals surface area contributed by atoms with Crippen LogP contribution in [0.15, 0.2) is 53.3 Å². The lowest BCUT2D eigenvalue weighted by atomic mass is 9.95. The van der Waals surface area contributed by atoms with Gasteiger partial charge in [0.15, 0.2) is 0 Å². The molecule has 2 aromatic rings. The second kappa shape index (κ2) is 7.82. The lowest BCUT2D eigenvalue weighted by Crippen LogP contribution is -2.37. The molecular weight excluding hydrogens is 352 g/mol. The molecule has 1 heterocycles. The lowest BCUT2D eigenvalue weighted by Gasteiger charge is -2.25. The molecule has 0 aliphatic heterocycles. The Kier molecular flexibility index (Phi) is 5.55. The first-order valence-corrected chi connectivity index (χ1v) is 9.19. The van der Waals surface area contributed by atoms with E-state index >= 15 is 0 Å². The summed E-state index contributed by atoms with van der Waals surface area (Å²) in [6.07, 6.45) is 10.6. The molecule has 4 heteroatoms. The van der Waals surface area contributed by atoms with Crippen LogP contribution in [0.25, 0.3) is 0 Å². The molecule has 1 N–H and O–H groups in total. The second-order valence-corrected chi connectivity index (χ2v) is 7.22. The maximum atomic E-state index is 12.5. The Morgan fingerprint density at radius 1 is 1.13 bits per heavy atom. The standard InChI is InChI=1S/C19H23BrN2O/c20-16-10-8-15(9-11-16)18(22-12-4-5-13-22)14-19(23)21-17-6-2-1-3-7-17/h4-5,8-13,17-18H,1-3,6-7,14H2,(H,21,23). The molecule has 1 amide bonds. The zero-order valence-corrected chi connectivity index (χ0v) is 14.8. The first-order chi connectivity index (χ1) is 11.2. The van der Waals surface area contributed by atoms with Gasteiger partial charge in [-0.25, -0.2) is 0 Å². The Labute approximate surface area is 146 Å². The number of halogens is 1. The number of benzene rings is 1. The first kappa shape index (κ1) is 16.3. The van der Waals surface area contributed by atoms with Gasteiger partial charge < -0.3 is 9.88 Å². The topological polar surface area (TPSA) is 34.0 Å². The van der Waals surface area contributed by atoms with E-state index in [-0.39, 0.29) is 11.9 Å². The molecule has 1 atom stereocenters. The molecule has 1 unspecified atom stereocenters. The van der Waals surface area contributed by atoms with Crippen molar-refractivity contribution >= 4 is 21.8 Å². The summed E-state index contributed by atoms with van der Waals surface area (Å²) in [6, 6.07) is 12.7. The minimum atomic E-state index is 0.0432.